The summed E-state index contributed by atoms with van der Waals surface area (Å²) in [5.74, 6) is -0.366. The number of sulfonamides is 1. The molecular formula is C24H22ClF3N2O4S. The van der Waals surface area contributed by atoms with Gasteiger partial charge in [-0.05, 0) is 55.0 Å². The quantitative estimate of drug-likeness (QED) is 0.394. The molecule has 0 radical (unpaired) electrons. The lowest BCUT2D eigenvalue weighted by Crippen LogP contribution is -2.37. The first kappa shape index (κ1) is 26.5. The van der Waals surface area contributed by atoms with Gasteiger partial charge in [0.1, 0.15) is 5.75 Å². The Kier molecular flexibility index (Phi) is 8.42. The standard InChI is InChI=1S/C24H22ClF3N2O4S/c1-2-34-19-9-11-20(12-10-19)35(32,33)30(15-17-6-4-3-5-7-17)16-23(31)29-22-14-18(24(26,27)28)8-13-21(22)25/h3-14H,2,15-16H2,1H3,(H,29,31). The number of ether oxygens (including phenoxy) is 1. The number of rotatable bonds is 9. The smallest absolute Gasteiger partial charge is 0.416 e. The molecule has 0 fully saturated rings. The van der Waals surface area contributed by atoms with Crippen LogP contribution in [0.1, 0.15) is 18.1 Å². The van der Waals surface area contributed by atoms with Gasteiger partial charge in [0.2, 0.25) is 15.9 Å². The summed E-state index contributed by atoms with van der Waals surface area (Å²) in [6.45, 7) is 1.41. The second kappa shape index (κ2) is 11.1. The summed E-state index contributed by atoms with van der Waals surface area (Å²) in [7, 11) is -4.16. The highest BCUT2D eigenvalue weighted by molar-refractivity contribution is 7.89. The van der Waals surface area contributed by atoms with E-state index in [1.54, 1.807) is 37.3 Å². The van der Waals surface area contributed by atoms with Gasteiger partial charge in [-0.1, -0.05) is 41.9 Å². The predicted molar refractivity (Wildman–Crippen MR) is 127 cm³/mol. The molecule has 1 amide bonds. The molecule has 35 heavy (non-hydrogen) atoms. The van der Waals surface area contributed by atoms with Crippen LogP contribution in [0.4, 0.5) is 18.9 Å². The minimum absolute atomic E-state index is 0.0678. The summed E-state index contributed by atoms with van der Waals surface area (Å²) in [6.07, 6.45) is -4.64. The molecule has 0 aliphatic heterocycles. The first-order valence-corrected chi connectivity index (χ1v) is 12.3. The molecule has 3 aromatic carbocycles. The van der Waals surface area contributed by atoms with Gasteiger partial charge in [-0.15, -0.1) is 0 Å². The van der Waals surface area contributed by atoms with Crippen LogP contribution < -0.4 is 10.1 Å². The fourth-order valence-electron chi connectivity index (χ4n) is 3.18. The second-order valence-electron chi connectivity index (χ2n) is 7.40. The number of carbonyl (C=O) groups is 1. The van der Waals surface area contributed by atoms with Crippen molar-refractivity contribution in [3.05, 3.63) is 88.9 Å². The molecule has 0 saturated heterocycles. The van der Waals surface area contributed by atoms with Crippen molar-refractivity contribution in [2.75, 3.05) is 18.5 Å². The third-order valence-electron chi connectivity index (χ3n) is 4.86. The van der Waals surface area contributed by atoms with Crippen molar-refractivity contribution in [1.29, 1.82) is 0 Å². The lowest BCUT2D eigenvalue weighted by atomic mass is 10.2. The van der Waals surface area contributed by atoms with E-state index in [9.17, 15) is 26.4 Å². The van der Waals surface area contributed by atoms with Crippen LogP contribution in [0.25, 0.3) is 0 Å². The Morgan fingerprint density at radius 1 is 1.03 bits per heavy atom. The number of hydrogen-bond donors (Lipinski definition) is 1. The number of benzene rings is 3. The van der Waals surface area contributed by atoms with E-state index >= 15 is 0 Å². The van der Waals surface area contributed by atoms with Gasteiger partial charge in [0.15, 0.2) is 0 Å². The van der Waals surface area contributed by atoms with Gasteiger partial charge in [-0.3, -0.25) is 4.79 Å². The van der Waals surface area contributed by atoms with Crippen molar-refractivity contribution in [3.63, 3.8) is 0 Å². The molecule has 3 rings (SSSR count). The van der Waals surface area contributed by atoms with Crippen LogP contribution in [0, 0.1) is 0 Å². The minimum atomic E-state index is -4.64. The molecule has 0 aliphatic rings. The molecule has 0 aliphatic carbocycles. The first-order valence-electron chi connectivity index (χ1n) is 10.4. The number of nitrogens with zero attached hydrogens (tertiary/aromatic N) is 1. The number of halogens is 4. The average Bonchev–Trinajstić information content (AvgIpc) is 2.80. The molecule has 1 N–H and O–H groups in total. The zero-order valence-corrected chi connectivity index (χ0v) is 20.1. The number of hydrogen-bond acceptors (Lipinski definition) is 4. The molecule has 186 valence electrons. The largest absolute Gasteiger partial charge is 0.494 e. The van der Waals surface area contributed by atoms with E-state index in [-0.39, 0.29) is 22.2 Å². The van der Waals surface area contributed by atoms with Crippen molar-refractivity contribution >= 4 is 33.2 Å². The van der Waals surface area contributed by atoms with E-state index in [2.05, 4.69) is 5.32 Å². The molecule has 0 bridgehead atoms. The lowest BCUT2D eigenvalue weighted by molar-refractivity contribution is -0.137. The molecule has 0 atom stereocenters. The highest BCUT2D eigenvalue weighted by Crippen LogP contribution is 2.34. The maximum atomic E-state index is 13.4. The number of anilines is 1. The zero-order valence-electron chi connectivity index (χ0n) is 18.5. The summed E-state index contributed by atoms with van der Waals surface area (Å²) in [5.41, 5.74) is -0.656. The van der Waals surface area contributed by atoms with E-state index in [4.69, 9.17) is 16.3 Å². The van der Waals surface area contributed by atoms with Crippen LogP contribution in [0.3, 0.4) is 0 Å². The molecule has 0 saturated carbocycles. The Balaban J connectivity index is 1.88. The van der Waals surface area contributed by atoms with Crippen molar-refractivity contribution in [2.24, 2.45) is 0 Å². The van der Waals surface area contributed by atoms with Crippen LogP contribution in [0.15, 0.2) is 77.7 Å². The van der Waals surface area contributed by atoms with Crippen molar-refractivity contribution in [3.8, 4) is 5.75 Å². The Hall–Kier alpha value is -3.08. The van der Waals surface area contributed by atoms with Gasteiger partial charge in [-0.25, -0.2) is 8.42 Å². The van der Waals surface area contributed by atoms with Gasteiger partial charge in [0.05, 0.1) is 34.3 Å². The van der Waals surface area contributed by atoms with Crippen LogP contribution in [0.5, 0.6) is 5.75 Å². The minimum Gasteiger partial charge on any atom is -0.494 e. The number of amides is 1. The molecule has 6 nitrogen and oxygen atoms in total. The monoisotopic (exact) mass is 526 g/mol. The van der Waals surface area contributed by atoms with E-state index in [1.807, 2.05) is 0 Å². The van der Waals surface area contributed by atoms with E-state index in [1.165, 1.54) is 24.3 Å². The molecule has 0 spiro atoms. The zero-order chi connectivity index (χ0) is 25.6. The fourth-order valence-corrected chi connectivity index (χ4v) is 4.73. The summed E-state index contributed by atoms with van der Waals surface area (Å²) in [6, 6.07) is 16.8. The van der Waals surface area contributed by atoms with E-state index < -0.39 is 34.2 Å². The van der Waals surface area contributed by atoms with Gasteiger partial charge in [-0.2, -0.15) is 17.5 Å². The Morgan fingerprint density at radius 2 is 1.69 bits per heavy atom. The van der Waals surface area contributed by atoms with Gasteiger partial charge < -0.3 is 10.1 Å². The first-order chi connectivity index (χ1) is 16.5. The topological polar surface area (TPSA) is 75.7 Å². The van der Waals surface area contributed by atoms with Gasteiger partial charge >= 0.3 is 6.18 Å². The van der Waals surface area contributed by atoms with E-state index in [0.29, 0.717) is 24.0 Å². The third-order valence-corrected chi connectivity index (χ3v) is 7.00. The van der Waals surface area contributed by atoms with Crippen LogP contribution in [0.2, 0.25) is 5.02 Å². The summed E-state index contributed by atoms with van der Waals surface area (Å²) in [5, 5.41) is 2.18. The molecule has 0 aromatic heterocycles. The fraction of sp³-hybridized carbons (Fsp3) is 0.208. The maximum absolute atomic E-state index is 13.4. The van der Waals surface area contributed by atoms with Crippen molar-refractivity contribution in [2.45, 2.75) is 24.5 Å². The predicted octanol–water partition coefficient (Wildman–Crippen LogP) is 5.59. The summed E-state index contributed by atoms with van der Waals surface area (Å²) >= 11 is 5.96. The SMILES string of the molecule is CCOc1ccc(S(=O)(=O)N(CC(=O)Nc2cc(C(F)(F)F)ccc2Cl)Cc2ccccc2)cc1. The van der Waals surface area contributed by atoms with Crippen molar-refractivity contribution < 1.29 is 31.1 Å². The van der Waals surface area contributed by atoms with Crippen LogP contribution in [-0.2, 0) is 27.5 Å². The Bertz CT molecular complexity index is 1270. The van der Waals surface area contributed by atoms with Gasteiger partial charge in [0.25, 0.3) is 0 Å². The highest BCUT2D eigenvalue weighted by atomic mass is 35.5. The normalized spacial score (nSPS) is 11.9. The highest BCUT2D eigenvalue weighted by Gasteiger charge is 2.32. The second-order valence-corrected chi connectivity index (χ2v) is 9.75. The number of nitrogens with one attached hydrogen (secondary N) is 1. The molecule has 0 unspecified atom stereocenters. The molecule has 0 heterocycles. The Labute approximate surface area is 206 Å². The molecular weight excluding hydrogens is 505 g/mol. The van der Waals surface area contributed by atoms with Crippen LogP contribution >= 0.6 is 11.6 Å². The number of alkyl halides is 3. The average molecular weight is 527 g/mol. The summed E-state index contributed by atoms with van der Waals surface area (Å²) in [4.78, 5) is 12.7. The van der Waals surface area contributed by atoms with Gasteiger partial charge in [0, 0.05) is 6.54 Å². The van der Waals surface area contributed by atoms with Crippen LogP contribution in [-0.4, -0.2) is 31.8 Å². The number of carbonyl (C=O) groups excluding carboxylic acids is 1. The van der Waals surface area contributed by atoms with E-state index in [0.717, 1.165) is 16.4 Å². The summed E-state index contributed by atoms with van der Waals surface area (Å²) < 4.78 is 72.2. The lowest BCUT2D eigenvalue weighted by Gasteiger charge is -2.22. The Morgan fingerprint density at radius 3 is 2.29 bits per heavy atom. The third kappa shape index (κ3) is 6.97. The van der Waals surface area contributed by atoms with Crippen molar-refractivity contribution in [1.82, 2.24) is 4.31 Å². The molecule has 3 aromatic rings. The maximum Gasteiger partial charge on any atom is 0.416 e. The molecule has 11 heteroatoms.